The summed E-state index contributed by atoms with van der Waals surface area (Å²) < 4.78 is 5.23. The molecule has 3 rings (SSSR count). The van der Waals surface area contributed by atoms with E-state index in [4.69, 9.17) is 4.74 Å². The Labute approximate surface area is 107 Å². The van der Waals surface area contributed by atoms with Gasteiger partial charge in [0.05, 0.1) is 7.11 Å². The first-order valence-electron chi connectivity index (χ1n) is 6.35. The minimum Gasteiger partial charge on any atom is -0.497 e. The van der Waals surface area contributed by atoms with Gasteiger partial charge in [-0.3, -0.25) is 4.79 Å². The number of hydrogen-bond acceptors (Lipinski definition) is 3. The lowest BCUT2D eigenvalue weighted by molar-refractivity contribution is 0.0784. The number of ether oxygens (including phenoxy) is 1. The molecule has 1 amide bonds. The molecule has 2 atom stereocenters. The summed E-state index contributed by atoms with van der Waals surface area (Å²) in [6.45, 7) is 2.78. The number of fused-ring (bicyclic) bond motifs is 3. The SMILES string of the molecule is COc1ccc2c(c1)C(=O)N(C)C[C@H]1CNC[C@H]21. The van der Waals surface area contributed by atoms with Crippen LogP contribution in [0.3, 0.4) is 0 Å². The first-order valence-corrected chi connectivity index (χ1v) is 6.35. The van der Waals surface area contributed by atoms with E-state index in [-0.39, 0.29) is 5.91 Å². The van der Waals surface area contributed by atoms with Crippen LogP contribution in [-0.2, 0) is 0 Å². The lowest BCUT2D eigenvalue weighted by atomic mass is 9.87. The highest BCUT2D eigenvalue weighted by molar-refractivity contribution is 5.96. The van der Waals surface area contributed by atoms with Crippen LogP contribution in [0, 0.1) is 5.92 Å². The molecule has 0 aliphatic carbocycles. The molecule has 2 heterocycles. The number of carbonyl (C=O) groups excluding carboxylic acids is 1. The topological polar surface area (TPSA) is 41.6 Å². The molecule has 1 aromatic rings. The van der Waals surface area contributed by atoms with Crippen molar-refractivity contribution in [2.45, 2.75) is 5.92 Å². The summed E-state index contributed by atoms with van der Waals surface area (Å²) in [5.74, 6) is 1.83. The normalized spacial score (nSPS) is 26.6. The molecular formula is C14H18N2O2. The second-order valence-corrected chi connectivity index (χ2v) is 5.16. The molecule has 2 aliphatic heterocycles. The Morgan fingerprint density at radius 3 is 3.00 bits per heavy atom. The molecular weight excluding hydrogens is 228 g/mol. The lowest BCUT2D eigenvalue weighted by Gasteiger charge is -2.19. The Bertz CT molecular complexity index is 487. The molecule has 2 aliphatic rings. The van der Waals surface area contributed by atoms with Crippen LogP contribution in [0.5, 0.6) is 5.75 Å². The first kappa shape index (κ1) is 11.5. The summed E-state index contributed by atoms with van der Waals surface area (Å²) in [5.41, 5.74) is 1.97. The highest BCUT2D eigenvalue weighted by Crippen LogP contribution is 2.35. The van der Waals surface area contributed by atoms with E-state index < -0.39 is 0 Å². The molecule has 1 N–H and O–H groups in total. The van der Waals surface area contributed by atoms with E-state index in [1.54, 1.807) is 7.11 Å². The smallest absolute Gasteiger partial charge is 0.254 e. The van der Waals surface area contributed by atoms with Crippen LogP contribution < -0.4 is 10.1 Å². The summed E-state index contributed by atoms with van der Waals surface area (Å²) in [7, 11) is 3.51. The standard InChI is InChI=1S/C14H18N2O2/c1-16-8-9-6-15-7-13(9)11-4-3-10(18-2)5-12(11)14(16)17/h3-5,9,13,15H,6-8H2,1-2H3/t9-,13+/m1/s1. The summed E-state index contributed by atoms with van der Waals surface area (Å²) in [4.78, 5) is 14.2. The predicted molar refractivity (Wildman–Crippen MR) is 69.1 cm³/mol. The van der Waals surface area contributed by atoms with Gasteiger partial charge in [0.25, 0.3) is 5.91 Å². The molecule has 0 radical (unpaired) electrons. The van der Waals surface area contributed by atoms with Gasteiger partial charge in [0.1, 0.15) is 5.75 Å². The Balaban J connectivity index is 2.12. The van der Waals surface area contributed by atoms with Gasteiger partial charge >= 0.3 is 0 Å². The summed E-state index contributed by atoms with van der Waals surface area (Å²) in [5, 5.41) is 3.43. The van der Waals surface area contributed by atoms with Gasteiger partial charge < -0.3 is 15.0 Å². The maximum absolute atomic E-state index is 12.4. The minimum atomic E-state index is 0.110. The zero-order valence-corrected chi connectivity index (χ0v) is 10.8. The van der Waals surface area contributed by atoms with Crippen molar-refractivity contribution in [3.05, 3.63) is 29.3 Å². The zero-order valence-electron chi connectivity index (χ0n) is 10.8. The number of carbonyl (C=O) groups is 1. The van der Waals surface area contributed by atoms with Gasteiger partial charge in [-0.05, 0) is 23.6 Å². The fourth-order valence-corrected chi connectivity index (χ4v) is 3.10. The van der Waals surface area contributed by atoms with E-state index in [1.165, 1.54) is 5.56 Å². The van der Waals surface area contributed by atoms with Crippen molar-refractivity contribution in [1.29, 1.82) is 0 Å². The fraction of sp³-hybridized carbons (Fsp3) is 0.500. The predicted octanol–water partition coefficient (Wildman–Crippen LogP) is 1.08. The van der Waals surface area contributed by atoms with Gasteiger partial charge in [0, 0.05) is 38.2 Å². The highest BCUT2D eigenvalue weighted by atomic mass is 16.5. The molecule has 96 valence electrons. The van der Waals surface area contributed by atoms with Gasteiger partial charge in [0.15, 0.2) is 0 Å². The molecule has 0 aromatic heterocycles. The lowest BCUT2D eigenvalue weighted by Crippen LogP contribution is -2.31. The molecule has 0 saturated carbocycles. The number of methoxy groups -OCH3 is 1. The van der Waals surface area contributed by atoms with Gasteiger partial charge in [-0.15, -0.1) is 0 Å². The molecule has 1 fully saturated rings. The van der Waals surface area contributed by atoms with Crippen molar-refractivity contribution in [3.63, 3.8) is 0 Å². The molecule has 0 unspecified atom stereocenters. The number of amides is 1. The molecule has 4 nitrogen and oxygen atoms in total. The fourth-order valence-electron chi connectivity index (χ4n) is 3.10. The molecule has 18 heavy (non-hydrogen) atoms. The summed E-state index contributed by atoms with van der Waals surface area (Å²) in [6, 6.07) is 5.87. The van der Waals surface area contributed by atoms with E-state index in [0.717, 1.165) is 30.9 Å². The Hall–Kier alpha value is -1.55. The molecule has 1 saturated heterocycles. The van der Waals surface area contributed by atoms with Crippen LogP contribution in [0.2, 0.25) is 0 Å². The van der Waals surface area contributed by atoms with Crippen molar-refractivity contribution < 1.29 is 9.53 Å². The Kier molecular flexibility index (Phi) is 2.74. The molecule has 4 heteroatoms. The number of rotatable bonds is 1. The number of benzene rings is 1. The van der Waals surface area contributed by atoms with Crippen LogP contribution in [0.25, 0.3) is 0 Å². The van der Waals surface area contributed by atoms with Gasteiger partial charge in [0.2, 0.25) is 0 Å². The minimum absolute atomic E-state index is 0.110. The Morgan fingerprint density at radius 1 is 1.39 bits per heavy atom. The van der Waals surface area contributed by atoms with Crippen LogP contribution in [0.4, 0.5) is 0 Å². The molecule has 0 bridgehead atoms. The number of nitrogens with one attached hydrogen (secondary N) is 1. The average molecular weight is 246 g/mol. The largest absolute Gasteiger partial charge is 0.497 e. The van der Waals surface area contributed by atoms with Crippen molar-refractivity contribution in [1.82, 2.24) is 10.2 Å². The van der Waals surface area contributed by atoms with Crippen molar-refractivity contribution >= 4 is 5.91 Å². The highest BCUT2D eigenvalue weighted by Gasteiger charge is 2.36. The maximum Gasteiger partial charge on any atom is 0.254 e. The van der Waals surface area contributed by atoms with E-state index >= 15 is 0 Å². The third-order valence-electron chi connectivity index (χ3n) is 4.09. The van der Waals surface area contributed by atoms with Gasteiger partial charge in [-0.2, -0.15) is 0 Å². The quantitative estimate of drug-likeness (QED) is 0.806. The number of nitrogens with zero attached hydrogens (tertiary/aromatic N) is 1. The van der Waals surface area contributed by atoms with Crippen LogP contribution in [0.1, 0.15) is 21.8 Å². The van der Waals surface area contributed by atoms with Crippen molar-refractivity contribution in [3.8, 4) is 5.75 Å². The third kappa shape index (κ3) is 1.68. The van der Waals surface area contributed by atoms with Crippen LogP contribution >= 0.6 is 0 Å². The maximum atomic E-state index is 12.4. The summed E-state index contributed by atoms with van der Waals surface area (Å²) >= 11 is 0. The van der Waals surface area contributed by atoms with E-state index in [9.17, 15) is 4.79 Å². The Morgan fingerprint density at radius 2 is 2.22 bits per heavy atom. The molecule has 1 aromatic carbocycles. The number of hydrogen-bond donors (Lipinski definition) is 1. The van der Waals surface area contributed by atoms with E-state index in [1.807, 2.05) is 24.1 Å². The average Bonchev–Trinajstić information content (AvgIpc) is 2.81. The zero-order chi connectivity index (χ0) is 12.7. The third-order valence-corrected chi connectivity index (χ3v) is 4.09. The van der Waals surface area contributed by atoms with Crippen LogP contribution in [-0.4, -0.2) is 44.6 Å². The monoisotopic (exact) mass is 246 g/mol. The summed E-state index contributed by atoms with van der Waals surface area (Å²) in [6.07, 6.45) is 0. The molecule has 0 spiro atoms. The van der Waals surface area contributed by atoms with Crippen LogP contribution in [0.15, 0.2) is 18.2 Å². The van der Waals surface area contributed by atoms with E-state index in [0.29, 0.717) is 11.8 Å². The van der Waals surface area contributed by atoms with Gasteiger partial charge in [-0.25, -0.2) is 0 Å². The second-order valence-electron chi connectivity index (χ2n) is 5.16. The van der Waals surface area contributed by atoms with E-state index in [2.05, 4.69) is 11.4 Å². The van der Waals surface area contributed by atoms with Crippen molar-refractivity contribution in [2.24, 2.45) is 5.92 Å². The van der Waals surface area contributed by atoms with Gasteiger partial charge in [-0.1, -0.05) is 6.07 Å². The van der Waals surface area contributed by atoms with Crippen molar-refractivity contribution in [2.75, 3.05) is 33.8 Å². The first-order chi connectivity index (χ1) is 8.70. The second kappa shape index (κ2) is 4.28.